The zero-order chi connectivity index (χ0) is 26.5. The van der Waals surface area contributed by atoms with Gasteiger partial charge >= 0.3 is 0 Å². The van der Waals surface area contributed by atoms with Crippen LogP contribution in [-0.4, -0.2) is 50.0 Å². The Morgan fingerprint density at radius 2 is 1.63 bits per heavy atom. The molecule has 12 heteroatoms. The predicted octanol–water partition coefficient (Wildman–Crippen LogP) is 5.40. The molecule has 0 aliphatic carbocycles. The van der Waals surface area contributed by atoms with E-state index in [1.54, 1.807) is 25.1 Å². The summed E-state index contributed by atoms with van der Waals surface area (Å²) in [6.45, 7) is 4.77. The van der Waals surface area contributed by atoms with Gasteiger partial charge in [0.25, 0.3) is 0 Å². The molecule has 1 N–H and O–H groups in total. The number of halogens is 4. The van der Waals surface area contributed by atoms with Crippen molar-refractivity contribution >= 4 is 73.9 Å². The molecule has 192 valence electrons. The van der Waals surface area contributed by atoms with Crippen LogP contribution < -0.4 is 9.62 Å². The minimum atomic E-state index is -3.92. The van der Waals surface area contributed by atoms with Crippen LogP contribution >= 0.6 is 46.4 Å². The first-order valence-electron chi connectivity index (χ1n) is 10.7. The smallest absolute Gasteiger partial charge is 0.244 e. The van der Waals surface area contributed by atoms with E-state index in [-0.39, 0.29) is 29.2 Å². The molecule has 0 heterocycles. The summed E-state index contributed by atoms with van der Waals surface area (Å²) >= 11 is 24.3. The number of carbonyl (C=O) groups is 2. The van der Waals surface area contributed by atoms with Crippen LogP contribution in [0.5, 0.6) is 0 Å². The lowest BCUT2D eigenvalue weighted by Gasteiger charge is -2.32. The van der Waals surface area contributed by atoms with Crippen LogP contribution in [0, 0.1) is 0 Å². The Morgan fingerprint density at radius 1 is 0.971 bits per heavy atom. The highest BCUT2D eigenvalue weighted by Crippen LogP contribution is 2.31. The fourth-order valence-corrected chi connectivity index (χ4v) is 4.90. The van der Waals surface area contributed by atoms with Crippen molar-refractivity contribution in [3.63, 3.8) is 0 Å². The second-order valence-electron chi connectivity index (χ2n) is 8.13. The lowest BCUT2D eigenvalue weighted by atomic mass is 10.1. The molecule has 7 nitrogen and oxygen atoms in total. The van der Waals surface area contributed by atoms with Gasteiger partial charge in [-0.05, 0) is 56.2 Å². The molecule has 0 aromatic heterocycles. The number of hydrogen-bond acceptors (Lipinski definition) is 4. The highest BCUT2D eigenvalue weighted by molar-refractivity contribution is 7.92. The summed E-state index contributed by atoms with van der Waals surface area (Å²) in [5.74, 6) is -0.984. The fraction of sp³-hybridized carbons (Fsp3) is 0.391. The number of rotatable bonds is 10. The Morgan fingerprint density at radius 3 is 2.17 bits per heavy atom. The van der Waals surface area contributed by atoms with Crippen molar-refractivity contribution in [2.45, 2.75) is 45.8 Å². The van der Waals surface area contributed by atoms with E-state index in [9.17, 15) is 18.0 Å². The third kappa shape index (κ3) is 8.15. The van der Waals surface area contributed by atoms with Crippen LogP contribution in [0.25, 0.3) is 0 Å². The molecule has 0 fully saturated rings. The molecule has 0 bridgehead atoms. The van der Waals surface area contributed by atoms with Crippen molar-refractivity contribution in [2.24, 2.45) is 0 Å². The van der Waals surface area contributed by atoms with Crippen LogP contribution in [-0.2, 0) is 26.2 Å². The molecule has 2 aromatic rings. The summed E-state index contributed by atoms with van der Waals surface area (Å²) in [7, 11) is -3.92. The summed E-state index contributed by atoms with van der Waals surface area (Å²) < 4.78 is 26.1. The summed E-state index contributed by atoms with van der Waals surface area (Å²) in [5.41, 5.74) is 0.712. The van der Waals surface area contributed by atoms with Gasteiger partial charge in [-0.15, -0.1) is 0 Å². The zero-order valence-electron chi connectivity index (χ0n) is 19.7. The van der Waals surface area contributed by atoms with E-state index in [4.69, 9.17) is 46.4 Å². The SMILES string of the molecule is CC[C@@H](C)NC(=O)[C@@H](C)N(Cc1ccc(Cl)c(Cl)c1)C(=O)CN(c1ccc(Cl)cc1Cl)S(C)(=O)=O. The first-order valence-corrected chi connectivity index (χ1v) is 14.1. The minimum absolute atomic E-state index is 0.00321. The molecule has 2 rings (SSSR count). The number of nitrogens with zero attached hydrogens (tertiary/aromatic N) is 2. The van der Waals surface area contributed by atoms with Gasteiger partial charge in [0.15, 0.2) is 0 Å². The van der Waals surface area contributed by atoms with Crippen LogP contribution in [0.2, 0.25) is 20.1 Å². The third-order valence-electron chi connectivity index (χ3n) is 5.36. The van der Waals surface area contributed by atoms with Gasteiger partial charge in [-0.25, -0.2) is 8.42 Å². The minimum Gasteiger partial charge on any atom is -0.352 e. The lowest BCUT2D eigenvalue weighted by Crippen LogP contribution is -2.52. The first-order chi connectivity index (χ1) is 16.2. The third-order valence-corrected chi connectivity index (χ3v) is 7.77. The van der Waals surface area contributed by atoms with E-state index in [0.29, 0.717) is 27.1 Å². The van der Waals surface area contributed by atoms with Gasteiger partial charge in [0, 0.05) is 17.6 Å². The number of anilines is 1. The van der Waals surface area contributed by atoms with E-state index < -0.39 is 28.5 Å². The van der Waals surface area contributed by atoms with E-state index in [0.717, 1.165) is 10.6 Å². The highest BCUT2D eigenvalue weighted by Gasteiger charge is 2.31. The predicted molar refractivity (Wildman–Crippen MR) is 143 cm³/mol. The molecule has 0 aliphatic rings. The largest absolute Gasteiger partial charge is 0.352 e. The van der Waals surface area contributed by atoms with Crippen molar-refractivity contribution in [3.05, 3.63) is 62.1 Å². The van der Waals surface area contributed by atoms with Gasteiger partial charge in [0.05, 0.1) is 27.0 Å². The van der Waals surface area contributed by atoms with Crippen molar-refractivity contribution in [2.75, 3.05) is 17.1 Å². The van der Waals surface area contributed by atoms with Crippen LogP contribution in [0.1, 0.15) is 32.8 Å². The fourth-order valence-electron chi connectivity index (χ4n) is 3.16. The molecule has 0 unspecified atom stereocenters. The molecule has 0 saturated heterocycles. The van der Waals surface area contributed by atoms with E-state index in [1.807, 2.05) is 13.8 Å². The number of benzene rings is 2. The molecule has 0 radical (unpaired) electrons. The molecule has 35 heavy (non-hydrogen) atoms. The Balaban J connectivity index is 2.44. The zero-order valence-corrected chi connectivity index (χ0v) is 23.5. The first kappa shape index (κ1) is 29.5. The van der Waals surface area contributed by atoms with Crippen LogP contribution in [0.4, 0.5) is 5.69 Å². The van der Waals surface area contributed by atoms with Crippen LogP contribution in [0.15, 0.2) is 36.4 Å². The van der Waals surface area contributed by atoms with Crippen molar-refractivity contribution in [3.8, 4) is 0 Å². The Kier molecular flexibility index (Phi) is 10.5. The van der Waals surface area contributed by atoms with Crippen molar-refractivity contribution in [1.29, 1.82) is 0 Å². The summed E-state index contributed by atoms with van der Waals surface area (Å²) in [5, 5.41) is 3.87. The number of amides is 2. The maximum Gasteiger partial charge on any atom is 0.244 e. The summed E-state index contributed by atoms with van der Waals surface area (Å²) in [6, 6.07) is 8.12. The number of sulfonamides is 1. The Hall–Kier alpha value is -1.71. The average Bonchev–Trinajstić information content (AvgIpc) is 2.77. The molecule has 0 saturated carbocycles. The summed E-state index contributed by atoms with van der Waals surface area (Å²) in [6.07, 6.45) is 1.67. The van der Waals surface area contributed by atoms with Gasteiger partial charge in [-0.1, -0.05) is 59.4 Å². The molecule has 0 spiro atoms. The number of carbonyl (C=O) groups excluding carboxylic acids is 2. The standard InChI is InChI=1S/C23H27Cl4N3O4S/c1-5-14(2)28-23(32)15(3)29(12-16-6-8-18(25)19(26)10-16)22(31)13-30(35(4,33)34)21-9-7-17(24)11-20(21)27/h6-11,14-15H,5,12-13H2,1-4H3,(H,28,32)/t14-,15-/m1/s1. The van der Waals surface area contributed by atoms with Gasteiger partial charge in [-0.2, -0.15) is 0 Å². The van der Waals surface area contributed by atoms with Gasteiger partial charge < -0.3 is 10.2 Å². The average molecular weight is 583 g/mol. The quantitative estimate of drug-likeness (QED) is 0.406. The molecule has 2 aromatic carbocycles. The summed E-state index contributed by atoms with van der Waals surface area (Å²) in [4.78, 5) is 27.7. The highest BCUT2D eigenvalue weighted by atomic mass is 35.5. The Labute approximate surface area is 226 Å². The van der Waals surface area contributed by atoms with Crippen molar-refractivity contribution in [1.82, 2.24) is 10.2 Å². The van der Waals surface area contributed by atoms with E-state index in [2.05, 4.69) is 5.32 Å². The van der Waals surface area contributed by atoms with Gasteiger partial charge in [-0.3, -0.25) is 13.9 Å². The molecule has 2 atom stereocenters. The van der Waals surface area contributed by atoms with Crippen LogP contribution in [0.3, 0.4) is 0 Å². The maximum absolute atomic E-state index is 13.5. The molecular formula is C23H27Cl4N3O4S. The molecule has 2 amide bonds. The second-order valence-corrected chi connectivity index (χ2v) is 11.7. The monoisotopic (exact) mass is 581 g/mol. The lowest BCUT2D eigenvalue weighted by molar-refractivity contribution is -0.139. The van der Waals surface area contributed by atoms with E-state index >= 15 is 0 Å². The number of hydrogen-bond donors (Lipinski definition) is 1. The maximum atomic E-state index is 13.5. The van der Waals surface area contributed by atoms with Gasteiger partial charge in [0.2, 0.25) is 21.8 Å². The van der Waals surface area contributed by atoms with Gasteiger partial charge in [0.1, 0.15) is 12.6 Å². The normalized spacial score (nSPS) is 13.1. The van der Waals surface area contributed by atoms with Crippen molar-refractivity contribution < 1.29 is 18.0 Å². The Bertz CT molecular complexity index is 1190. The molecular weight excluding hydrogens is 556 g/mol. The second kappa shape index (κ2) is 12.5. The van der Waals surface area contributed by atoms with E-state index in [1.165, 1.54) is 23.1 Å². The number of nitrogens with one attached hydrogen (secondary N) is 1. The molecule has 0 aliphatic heterocycles. The topological polar surface area (TPSA) is 86.8 Å².